The summed E-state index contributed by atoms with van der Waals surface area (Å²) in [6, 6.07) is 2.91. The molecule has 0 aliphatic rings. The lowest BCUT2D eigenvalue weighted by Gasteiger charge is -2.26. The van der Waals surface area contributed by atoms with Gasteiger partial charge in [0, 0.05) is 13.1 Å². The van der Waals surface area contributed by atoms with E-state index in [4.69, 9.17) is 5.11 Å². The third-order valence-corrected chi connectivity index (χ3v) is 3.26. The van der Waals surface area contributed by atoms with Crippen LogP contribution in [0.25, 0.3) is 0 Å². The van der Waals surface area contributed by atoms with Crippen LogP contribution in [-0.4, -0.2) is 35.1 Å². The lowest BCUT2D eigenvalue weighted by Crippen LogP contribution is -2.39. The molecule has 0 spiro atoms. The smallest absolute Gasteiger partial charge is 0.337 e. The van der Waals surface area contributed by atoms with Crippen LogP contribution in [0.5, 0.6) is 0 Å². The summed E-state index contributed by atoms with van der Waals surface area (Å²) in [5.41, 5.74) is -0.182. The number of anilines is 1. The Balaban J connectivity index is 2.93. The molecule has 2 amide bonds. The number of amides is 2. The molecule has 0 atom stereocenters. The van der Waals surface area contributed by atoms with Gasteiger partial charge < -0.3 is 15.3 Å². The first-order valence-corrected chi connectivity index (χ1v) is 6.47. The van der Waals surface area contributed by atoms with Crippen LogP contribution in [0, 0.1) is 5.82 Å². The van der Waals surface area contributed by atoms with Gasteiger partial charge in [-0.15, -0.1) is 0 Å². The monoisotopic (exact) mass is 282 g/mol. The fraction of sp³-hybridized carbons (Fsp3) is 0.429. The van der Waals surface area contributed by atoms with Gasteiger partial charge in [0.25, 0.3) is 0 Å². The maximum atomic E-state index is 13.1. The van der Waals surface area contributed by atoms with E-state index in [1.54, 1.807) is 7.05 Å². The number of aromatic carboxylic acids is 1. The lowest BCUT2D eigenvalue weighted by atomic mass is 10.1. The highest BCUT2D eigenvalue weighted by atomic mass is 19.1. The fourth-order valence-electron chi connectivity index (χ4n) is 2.01. The van der Waals surface area contributed by atoms with E-state index in [9.17, 15) is 14.0 Å². The Labute approximate surface area is 117 Å². The Morgan fingerprint density at radius 1 is 1.35 bits per heavy atom. The average Bonchev–Trinajstić information content (AvgIpc) is 2.41. The summed E-state index contributed by atoms with van der Waals surface area (Å²) in [6.07, 6.45) is 1.60. The van der Waals surface area contributed by atoms with Crippen molar-refractivity contribution in [1.82, 2.24) is 4.90 Å². The number of carboxylic acids is 1. The number of rotatable bonds is 5. The van der Waals surface area contributed by atoms with Crippen LogP contribution in [-0.2, 0) is 0 Å². The molecular formula is C14H19FN2O3. The zero-order valence-electron chi connectivity index (χ0n) is 11.8. The molecule has 1 rings (SSSR count). The number of carbonyl (C=O) groups excluding carboxylic acids is 1. The van der Waals surface area contributed by atoms with E-state index in [1.807, 2.05) is 13.8 Å². The third kappa shape index (κ3) is 3.69. The molecule has 20 heavy (non-hydrogen) atoms. The molecule has 0 heterocycles. The zero-order valence-corrected chi connectivity index (χ0v) is 11.8. The highest BCUT2D eigenvalue weighted by molar-refractivity contribution is 6.00. The molecule has 0 aliphatic carbocycles. The molecule has 0 aliphatic heterocycles. The summed E-state index contributed by atoms with van der Waals surface area (Å²) in [5, 5.41) is 11.5. The van der Waals surface area contributed by atoms with Crippen molar-refractivity contribution in [3.8, 4) is 0 Å². The first-order chi connectivity index (χ1) is 9.40. The molecule has 2 N–H and O–H groups in total. The maximum Gasteiger partial charge on any atom is 0.337 e. The first kappa shape index (κ1) is 15.9. The molecule has 1 aromatic rings. The van der Waals surface area contributed by atoms with Crippen LogP contribution in [0.3, 0.4) is 0 Å². The van der Waals surface area contributed by atoms with Gasteiger partial charge in [0.2, 0.25) is 0 Å². The van der Waals surface area contributed by atoms with Gasteiger partial charge >= 0.3 is 12.0 Å². The van der Waals surface area contributed by atoms with Gasteiger partial charge in [-0.3, -0.25) is 0 Å². The highest BCUT2D eigenvalue weighted by Gasteiger charge is 2.19. The van der Waals surface area contributed by atoms with E-state index in [0.29, 0.717) is 0 Å². The molecule has 0 fully saturated rings. The molecule has 110 valence electrons. The second-order valence-electron chi connectivity index (χ2n) is 4.51. The Kier molecular flexibility index (Phi) is 5.49. The Morgan fingerprint density at radius 2 is 1.95 bits per heavy atom. The van der Waals surface area contributed by atoms with Gasteiger partial charge in [-0.1, -0.05) is 13.8 Å². The van der Waals surface area contributed by atoms with Gasteiger partial charge in [-0.25, -0.2) is 14.0 Å². The summed E-state index contributed by atoms with van der Waals surface area (Å²) < 4.78 is 13.1. The van der Waals surface area contributed by atoms with E-state index in [0.717, 1.165) is 25.0 Å². The Bertz CT molecular complexity index is 501. The molecule has 6 heteroatoms. The summed E-state index contributed by atoms with van der Waals surface area (Å²) in [6.45, 7) is 3.94. The van der Waals surface area contributed by atoms with Crippen LogP contribution in [0.4, 0.5) is 14.9 Å². The van der Waals surface area contributed by atoms with Crippen molar-refractivity contribution in [1.29, 1.82) is 0 Å². The molecule has 0 bridgehead atoms. The van der Waals surface area contributed by atoms with Crippen molar-refractivity contribution in [3.05, 3.63) is 29.6 Å². The van der Waals surface area contributed by atoms with Crippen molar-refractivity contribution in [2.75, 3.05) is 12.4 Å². The molecule has 0 unspecified atom stereocenters. The maximum absolute atomic E-state index is 13.1. The van der Waals surface area contributed by atoms with Gasteiger partial charge in [-0.2, -0.15) is 0 Å². The quantitative estimate of drug-likeness (QED) is 0.871. The van der Waals surface area contributed by atoms with Crippen molar-refractivity contribution < 1.29 is 19.1 Å². The minimum Gasteiger partial charge on any atom is -0.478 e. The van der Waals surface area contributed by atoms with Crippen LogP contribution >= 0.6 is 0 Å². The van der Waals surface area contributed by atoms with E-state index in [-0.39, 0.29) is 17.3 Å². The number of hydrogen-bond donors (Lipinski definition) is 2. The molecular weight excluding hydrogens is 263 g/mol. The zero-order chi connectivity index (χ0) is 15.3. The SMILES string of the molecule is CCC(CC)N(C)C(=O)Nc1ccc(F)cc1C(=O)O. The number of hydrogen-bond acceptors (Lipinski definition) is 2. The number of halogens is 1. The predicted octanol–water partition coefficient (Wildman–Crippen LogP) is 3.18. The van der Waals surface area contributed by atoms with Crippen molar-refractivity contribution in [2.24, 2.45) is 0 Å². The average molecular weight is 282 g/mol. The summed E-state index contributed by atoms with van der Waals surface area (Å²) in [7, 11) is 1.65. The van der Waals surface area contributed by atoms with Gasteiger partial charge in [0.05, 0.1) is 11.3 Å². The summed E-state index contributed by atoms with van der Waals surface area (Å²) in [4.78, 5) is 24.6. The van der Waals surface area contributed by atoms with Crippen molar-refractivity contribution >= 4 is 17.7 Å². The molecule has 0 saturated heterocycles. The minimum atomic E-state index is -1.29. The summed E-state index contributed by atoms with van der Waals surface area (Å²) >= 11 is 0. The molecule has 0 saturated carbocycles. The van der Waals surface area contributed by atoms with Gasteiger partial charge in [0.15, 0.2) is 0 Å². The molecule has 0 aromatic heterocycles. The Hall–Kier alpha value is -2.11. The standard InChI is InChI=1S/C14H19FN2O3/c1-4-10(5-2)17(3)14(20)16-12-7-6-9(15)8-11(12)13(18)19/h6-8,10H,4-5H2,1-3H3,(H,16,20)(H,18,19). The third-order valence-electron chi connectivity index (χ3n) is 3.26. The molecule has 1 aromatic carbocycles. The van der Waals surface area contributed by atoms with E-state index in [1.165, 1.54) is 11.0 Å². The molecule has 5 nitrogen and oxygen atoms in total. The number of urea groups is 1. The van der Waals surface area contributed by atoms with Crippen LogP contribution in [0.1, 0.15) is 37.0 Å². The van der Waals surface area contributed by atoms with Crippen molar-refractivity contribution in [3.63, 3.8) is 0 Å². The van der Waals surface area contributed by atoms with Crippen LogP contribution in [0.2, 0.25) is 0 Å². The van der Waals surface area contributed by atoms with E-state index < -0.39 is 17.8 Å². The van der Waals surface area contributed by atoms with Crippen LogP contribution < -0.4 is 5.32 Å². The topological polar surface area (TPSA) is 69.6 Å². The molecule has 0 radical (unpaired) electrons. The Morgan fingerprint density at radius 3 is 2.45 bits per heavy atom. The second kappa shape index (κ2) is 6.88. The van der Waals surface area contributed by atoms with Gasteiger partial charge in [-0.05, 0) is 31.0 Å². The largest absolute Gasteiger partial charge is 0.478 e. The lowest BCUT2D eigenvalue weighted by molar-refractivity contribution is 0.0697. The fourth-order valence-corrected chi connectivity index (χ4v) is 2.01. The number of benzene rings is 1. The minimum absolute atomic E-state index is 0.0729. The number of nitrogens with zero attached hydrogens (tertiary/aromatic N) is 1. The normalized spacial score (nSPS) is 10.4. The number of carboxylic acid groups (broad SMARTS) is 1. The van der Waals surface area contributed by atoms with E-state index in [2.05, 4.69) is 5.32 Å². The number of nitrogens with one attached hydrogen (secondary N) is 1. The predicted molar refractivity (Wildman–Crippen MR) is 74.5 cm³/mol. The second-order valence-corrected chi connectivity index (χ2v) is 4.51. The van der Waals surface area contributed by atoms with Gasteiger partial charge in [0.1, 0.15) is 5.82 Å². The van der Waals surface area contributed by atoms with Crippen LogP contribution in [0.15, 0.2) is 18.2 Å². The first-order valence-electron chi connectivity index (χ1n) is 6.47. The highest BCUT2D eigenvalue weighted by Crippen LogP contribution is 2.18. The summed E-state index contributed by atoms with van der Waals surface area (Å²) in [5.74, 6) is -1.95. The van der Waals surface area contributed by atoms with E-state index >= 15 is 0 Å². The van der Waals surface area contributed by atoms with Crippen molar-refractivity contribution in [2.45, 2.75) is 32.7 Å². The number of carbonyl (C=O) groups is 2.